The van der Waals surface area contributed by atoms with Gasteiger partial charge in [0.1, 0.15) is 4.83 Å². The van der Waals surface area contributed by atoms with Crippen LogP contribution in [0, 0.1) is 3.57 Å². The lowest BCUT2D eigenvalue weighted by Gasteiger charge is -2.09. The third-order valence-corrected chi connectivity index (χ3v) is 3.81. The van der Waals surface area contributed by atoms with Crippen LogP contribution in [0.1, 0.15) is 5.56 Å². The van der Waals surface area contributed by atoms with Crippen LogP contribution in [0.5, 0.6) is 0 Å². The highest BCUT2D eigenvalue weighted by Crippen LogP contribution is 2.21. The number of alkyl halides is 1. The minimum absolute atomic E-state index is 0.263. The van der Waals surface area contributed by atoms with Crippen LogP contribution >= 0.6 is 50.1 Å². The molecule has 1 rings (SSSR count). The third kappa shape index (κ3) is 3.92. The maximum atomic E-state index is 11.2. The third-order valence-electron chi connectivity index (χ3n) is 1.87. The van der Waals surface area contributed by atoms with Crippen molar-refractivity contribution in [2.75, 3.05) is 7.11 Å². The fraction of sp³-hybridized carbons (Fsp3) is 0.300. The Bertz CT molecular complexity index is 370. The van der Waals surface area contributed by atoms with Crippen molar-refractivity contribution >= 4 is 56.1 Å². The predicted molar refractivity (Wildman–Crippen MR) is 72.6 cm³/mol. The van der Waals surface area contributed by atoms with Gasteiger partial charge in [-0.25, -0.2) is 0 Å². The number of esters is 1. The monoisotopic (exact) mass is 402 g/mol. The van der Waals surface area contributed by atoms with Gasteiger partial charge >= 0.3 is 5.97 Å². The molecule has 0 N–H and O–H groups in total. The summed E-state index contributed by atoms with van der Waals surface area (Å²) in [4.78, 5) is 10.9. The van der Waals surface area contributed by atoms with Gasteiger partial charge < -0.3 is 4.74 Å². The Morgan fingerprint density at radius 2 is 2.33 bits per heavy atom. The quantitative estimate of drug-likeness (QED) is 0.439. The Labute approximate surface area is 116 Å². The summed E-state index contributed by atoms with van der Waals surface area (Å²) in [7, 11) is 1.38. The Balaban J connectivity index is 2.76. The minimum Gasteiger partial charge on any atom is -0.468 e. The van der Waals surface area contributed by atoms with E-state index < -0.39 is 0 Å². The summed E-state index contributed by atoms with van der Waals surface area (Å²) < 4.78 is 5.68. The number of carbonyl (C=O) groups is 1. The lowest BCUT2D eigenvalue weighted by Crippen LogP contribution is -2.18. The van der Waals surface area contributed by atoms with Crippen molar-refractivity contribution < 1.29 is 9.53 Å². The fourth-order valence-corrected chi connectivity index (χ4v) is 2.72. The van der Waals surface area contributed by atoms with Gasteiger partial charge in [0.2, 0.25) is 0 Å². The molecule has 1 aromatic carbocycles. The molecular weight excluding hydrogens is 394 g/mol. The zero-order valence-corrected chi connectivity index (χ0v) is 12.5. The summed E-state index contributed by atoms with van der Waals surface area (Å²) in [6.07, 6.45) is 0.599. The molecular formula is C10H9BrClIO2. The first-order valence-electron chi connectivity index (χ1n) is 4.20. The first-order chi connectivity index (χ1) is 7.04. The zero-order valence-electron chi connectivity index (χ0n) is 7.97. The van der Waals surface area contributed by atoms with Crippen LogP contribution in [0.4, 0.5) is 0 Å². The highest BCUT2D eigenvalue weighted by Gasteiger charge is 2.16. The van der Waals surface area contributed by atoms with E-state index in [1.165, 1.54) is 7.11 Å². The van der Waals surface area contributed by atoms with Gasteiger partial charge in [0, 0.05) is 8.59 Å². The summed E-state index contributed by atoms with van der Waals surface area (Å²) in [5, 5.41) is 0.701. The van der Waals surface area contributed by atoms with Crippen LogP contribution in [0.25, 0.3) is 0 Å². The van der Waals surface area contributed by atoms with E-state index in [0.717, 1.165) is 9.13 Å². The van der Waals surface area contributed by atoms with Crippen molar-refractivity contribution in [1.29, 1.82) is 0 Å². The molecule has 1 atom stereocenters. The molecule has 82 valence electrons. The molecule has 5 heteroatoms. The first kappa shape index (κ1) is 13.3. The van der Waals surface area contributed by atoms with Gasteiger partial charge in [-0.3, -0.25) is 4.79 Å². The maximum Gasteiger partial charge on any atom is 0.319 e. The van der Waals surface area contributed by atoms with E-state index >= 15 is 0 Å². The fourth-order valence-electron chi connectivity index (χ4n) is 1.09. The number of hydrogen-bond donors (Lipinski definition) is 0. The minimum atomic E-state index is -0.308. The number of ether oxygens (including phenoxy) is 1. The average molecular weight is 403 g/mol. The van der Waals surface area contributed by atoms with E-state index in [-0.39, 0.29) is 10.8 Å². The standard InChI is InChI=1S/C10H9BrClIO2/c1-15-10(14)8(11)4-6-2-3-7(12)5-9(6)13/h2-3,5,8H,4H2,1H3. The van der Waals surface area contributed by atoms with Gasteiger partial charge in [0.15, 0.2) is 0 Å². The summed E-state index contributed by atoms with van der Waals surface area (Å²) in [5.41, 5.74) is 1.08. The second-order valence-corrected chi connectivity index (χ2v) is 5.63. The van der Waals surface area contributed by atoms with Gasteiger partial charge in [-0.05, 0) is 46.7 Å². The molecule has 0 saturated heterocycles. The van der Waals surface area contributed by atoms with Crippen molar-refractivity contribution in [2.45, 2.75) is 11.2 Å². The van der Waals surface area contributed by atoms with E-state index in [1.807, 2.05) is 18.2 Å². The topological polar surface area (TPSA) is 26.3 Å². The Morgan fingerprint density at radius 3 is 2.87 bits per heavy atom. The molecule has 1 unspecified atom stereocenters. The van der Waals surface area contributed by atoms with Gasteiger partial charge in [-0.1, -0.05) is 33.6 Å². The summed E-state index contributed by atoms with van der Waals surface area (Å²) in [6, 6.07) is 5.60. The van der Waals surface area contributed by atoms with Crippen LogP contribution in [-0.2, 0) is 16.0 Å². The lowest BCUT2D eigenvalue weighted by atomic mass is 10.1. The highest BCUT2D eigenvalue weighted by molar-refractivity contribution is 14.1. The molecule has 2 nitrogen and oxygen atoms in total. The van der Waals surface area contributed by atoms with Crippen LogP contribution < -0.4 is 0 Å². The SMILES string of the molecule is COC(=O)C(Br)Cc1ccc(Cl)cc1I. The molecule has 0 radical (unpaired) electrons. The molecule has 0 aliphatic carbocycles. The van der Waals surface area contributed by atoms with Crippen molar-refractivity contribution in [1.82, 2.24) is 0 Å². The smallest absolute Gasteiger partial charge is 0.319 e. The molecule has 0 fully saturated rings. The second kappa shape index (κ2) is 6.06. The second-order valence-electron chi connectivity index (χ2n) is 2.93. The van der Waals surface area contributed by atoms with Crippen LogP contribution in [-0.4, -0.2) is 17.9 Å². The molecule has 0 aliphatic rings. The van der Waals surface area contributed by atoms with Crippen molar-refractivity contribution in [3.63, 3.8) is 0 Å². The van der Waals surface area contributed by atoms with E-state index in [1.54, 1.807) is 0 Å². The molecule has 0 bridgehead atoms. The molecule has 0 aliphatic heterocycles. The van der Waals surface area contributed by atoms with E-state index in [9.17, 15) is 4.79 Å². The Morgan fingerprint density at radius 1 is 1.67 bits per heavy atom. The molecule has 0 heterocycles. The summed E-state index contributed by atoms with van der Waals surface area (Å²) in [5.74, 6) is -0.263. The van der Waals surface area contributed by atoms with Gasteiger partial charge in [0.25, 0.3) is 0 Å². The molecule has 0 aromatic heterocycles. The average Bonchev–Trinajstić information content (AvgIpc) is 2.20. The van der Waals surface area contributed by atoms with Crippen molar-refractivity contribution in [3.05, 3.63) is 32.4 Å². The first-order valence-corrected chi connectivity index (χ1v) is 6.57. The van der Waals surface area contributed by atoms with Crippen LogP contribution in [0.2, 0.25) is 5.02 Å². The van der Waals surface area contributed by atoms with E-state index in [0.29, 0.717) is 11.4 Å². The molecule has 0 spiro atoms. The largest absolute Gasteiger partial charge is 0.468 e. The van der Waals surface area contributed by atoms with Gasteiger partial charge in [-0.2, -0.15) is 0 Å². The zero-order chi connectivity index (χ0) is 11.4. The Hall–Kier alpha value is 0.190. The number of halogens is 3. The highest BCUT2D eigenvalue weighted by atomic mass is 127. The number of carbonyl (C=O) groups excluding carboxylic acids is 1. The molecule has 1 aromatic rings. The Kier molecular flexibility index (Phi) is 5.35. The summed E-state index contributed by atoms with van der Waals surface area (Å²) in [6.45, 7) is 0. The molecule has 0 saturated carbocycles. The van der Waals surface area contributed by atoms with Crippen molar-refractivity contribution in [2.24, 2.45) is 0 Å². The number of rotatable bonds is 3. The van der Waals surface area contributed by atoms with E-state index in [2.05, 4.69) is 43.3 Å². The maximum absolute atomic E-state index is 11.2. The van der Waals surface area contributed by atoms with Crippen LogP contribution in [0.3, 0.4) is 0 Å². The van der Waals surface area contributed by atoms with Gasteiger partial charge in [-0.15, -0.1) is 0 Å². The molecule has 0 amide bonds. The number of benzene rings is 1. The summed E-state index contributed by atoms with van der Waals surface area (Å²) >= 11 is 11.3. The normalized spacial score (nSPS) is 12.3. The van der Waals surface area contributed by atoms with E-state index in [4.69, 9.17) is 11.6 Å². The molecule has 15 heavy (non-hydrogen) atoms. The van der Waals surface area contributed by atoms with Crippen molar-refractivity contribution in [3.8, 4) is 0 Å². The van der Waals surface area contributed by atoms with Crippen LogP contribution in [0.15, 0.2) is 18.2 Å². The number of hydrogen-bond acceptors (Lipinski definition) is 2. The van der Waals surface area contributed by atoms with Gasteiger partial charge in [0.05, 0.1) is 7.11 Å². The lowest BCUT2D eigenvalue weighted by molar-refractivity contribution is -0.139. The number of methoxy groups -OCH3 is 1. The predicted octanol–water partition coefficient (Wildman–Crippen LogP) is 3.42.